The number of amides is 2. The molecule has 2 aromatic rings. The zero-order valence-electron chi connectivity index (χ0n) is 12.7. The van der Waals surface area contributed by atoms with E-state index in [0.29, 0.717) is 11.3 Å². The minimum atomic E-state index is -2.91. The zero-order chi connectivity index (χ0) is 16.8. The third-order valence-electron chi connectivity index (χ3n) is 3.28. The van der Waals surface area contributed by atoms with Crippen LogP contribution >= 0.6 is 0 Å². The minimum Gasteiger partial charge on any atom is -0.434 e. The summed E-state index contributed by atoms with van der Waals surface area (Å²) in [4.78, 5) is 16.0. The van der Waals surface area contributed by atoms with Crippen molar-refractivity contribution >= 4 is 11.7 Å². The molecular formula is C16H17F2N3O2. The van der Waals surface area contributed by atoms with Crippen LogP contribution in [0.2, 0.25) is 0 Å². The van der Waals surface area contributed by atoms with Gasteiger partial charge in [0.2, 0.25) is 0 Å². The van der Waals surface area contributed by atoms with Gasteiger partial charge in [0.05, 0.1) is 6.04 Å². The highest BCUT2D eigenvalue weighted by molar-refractivity contribution is 5.90. The molecular weight excluding hydrogens is 304 g/mol. The fourth-order valence-corrected chi connectivity index (χ4v) is 2.04. The molecule has 2 N–H and O–H groups in total. The maximum atomic E-state index is 12.3. The largest absolute Gasteiger partial charge is 0.434 e. The Bertz CT molecular complexity index is 666. The first kappa shape index (κ1) is 16.7. The number of pyridine rings is 1. The molecule has 1 atom stereocenters. The van der Waals surface area contributed by atoms with E-state index in [4.69, 9.17) is 0 Å². The summed E-state index contributed by atoms with van der Waals surface area (Å²) in [5, 5.41) is 5.38. The van der Waals surface area contributed by atoms with Crippen molar-refractivity contribution in [3.05, 3.63) is 53.9 Å². The lowest BCUT2D eigenvalue weighted by atomic mass is 10.1. The Labute approximate surface area is 132 Å². The third kappa shape index (κ3) is 4.64. The fraction of sp³-hybridized carbons (Fsp3) is 0.250. The zero-order valence-corrected chi connectivity index (χ0v) is 12.7. The van der Waals surface area contributed by atoms with Crippen LogP contribution in [0.25, 0.3) is 0 Å². The van der Waals surface area contributed by atoms with E-state index in [-0.39, 0.29) is 11.8 Å². The lowest BCUT2D eigenvalue weighted by Gasteiger charge is -2.16. The second kappa shape index (κ2) is 7.53. The number of nitrogens with zero attached hydrogens (tertiary/aromatic N) is 1. The highest BCUT2D eigenvalue weighted by atomic mass is 19.3. The summed E-state index contributed by atoms with van der Waals surface area (Å²) >= 11 is 0. The Hall–Kier alpha value is -2.70. The summed E-state index contributed by atoms with van der Waals surface area (Å²) in [5.41, 5.74) is 1.69. The number of hydrogen-bond acceptors (Lipinski definition) is 3. The van der Waals surface area contributed by atoms with Crippen molar-refractivity contribution in [2.45, 2.75) is 26.5 Å². The second-order valence-electron chi connectivity index (χ2n) is 4.91. The number of aromatic nitrogens is 1. The number of ether oxygens (including phenoxy) is 1. The predicted octanol–water partition coefficient (Wildman–Crippen LogP) is 3.87. The molecule has 1 heterocycles. The number of alkyl halides is 2. The Balaban J connectivity index is 2.03. The fourth-order valence-electron chi connectivity index (χ4n) is 2.04. The van der Waals surface area contributed by atoms with Crippen LogP contribution in [0.3, 0.4) is 0 Å². The number of rotatable bonds is 5. The first-order valence-corrected chi connectivity index (χ1v) is 6.99. The minimum absolute atomic E-state index is 0.0260. The van der Waals surface area contributed by atoms with E-state index in [1.807, 2.05) is 13.0 Å². The van der Waals surface area contributed by atoms with Crippen LogP contribution in [0.1, 0.15) is 24.1 Å². The van der Waals surface area contributed by atoms with Crippen molar-refractivity contribution < 1.29 is 18.3 Å². The Morgan fingerprint density at radius 3 is 2.70 bits per heavy atom. The Morgan fingerprint density at radius 2 is 2.04 bits per heavy atom. The van der Waals surface area contributed by atoms with Gasteiger partial charge in [0.25, 0.3) is 0 Å². The molecule has 0 aliphatic heterocycles. The van der Waals surface area contributed by atoms with Gasteiger partial charge in [0.15, 0.2) is 0 Å². The molecule has 1 aromatic carbocycles. The van der Waals surface area contributed by atoms with Gasteiger partial charge < -0.3 is 15.4 Å². The third-order valence-corrected chi connectivity index (χ3v) is 3.28. The highest BCUT2D eigenvalue weighted by Gasteiger charge is 2.13. The normalized spacial score (nSPS) is 11.9. The van der Waals surface area contributed by atoms with Crippen molar-refractivity contribution in [3.63, 3.8) is 0 Å². The van der Waals surface area contributed by atoms with Crippen LogP contribution in [0.15, 0.2) is 42.7 Å². The molecule has 0 radical (unpaired) electrons. The molecule has 7 heteroatoms. The van der Waals surface area contributed by atoms with Crippen LogP contribution in [0, 0.1) is 6.92 Å². The van der Waals surface area contributed by atoms with Crippen molar-refractivity contribution in [1.29, 1.82) is 0 Å². The predicted molar refractivity (Wildman–Crippen MR) is 82.6 cm³/mol. The van der Waals surface area contributed by atoms with Crippen molar-refractivity contribution in [2.24, 2.45) is 0 Å². The first-order chi connectivity index (χ1) is 11.0. The standard InChI is InChI=1S/C16H17F2N3O2/c1-10-13(6-3-7-14(10)23-15(17)18)21-16(22)20-11(2)12-5-4-8-19-9-12/h3-9,11,15H,1-2H3,(H2,20,21,22)/t11-/m0/s1. The van der Waals surface area contributed by atoms with E-state index in [1.165, 1.54) is 12.1 Å². The van der Waals surface area contributed by atoms with E-state index < -0.39 is 12.6 Å². The van der Waals surface area contributed by atoms with Crippen LogP contribution in [0.4, 0.5) is 19.3 Å². The lowest BCUT2D eigenvalue weighted by molar-refractivity contribution is -0.0502. The average molecular weight is 321 g/mol. The van der Waals surface area contributed by atoms with Gasteiger partial charge >= 0.3 is 12.6 Å². The number of benzene rings is 1. The number of anilines is 1. The monoisotopic (exact) mass is 321 g/mol. The summed E-state index contributed by atoms with van der Waals surface area (Å²) < 4.78 is 29.1. The summed E-state index contributed by atoms with van der Waals surface area (Å²) in [5.74, 6) is 0.0260. The molecule has 0 fully saturated rings. The van der Waals surface area contributed by atoms with E-state index in [1.54, 1.807) is 31.5 Å². The van der Waals surface area contributed by atoms with Gasteiger partial charge in [-0.15, -0.1) is 0 Å². The summed E-state index contributed by atoms with van der Waals surface area (Å²) in [6.45, 7) is 0.501. The number of halogens is 2. The van der Waals surface area contributed by atoms with Gasteiger partial charge in [0, 0.05) is 23.6 Å². The maximum absolute atomic E-state index is 12.3. The van der Waals surface area contributed by atoms with Gasteiger partial charge in [0.1, 0.15) is 5.75 Å². The highest BCUT2D eigenvalue weighted by Crippen LogP contribution is 2.26. The number of urea groups is 1. The van der Waals surface area contributed by atoms with Gasteiger partial charge in [-0.1, -0.05) is 12.1 Å². The quantitative estimate of drug-likeness (QED) is 0.878. The SMILES string of the molecule is Cc1c(NC(=O)N[C@@H](C)c2cccnc2)cccc1OC(F)F. The summed E-state index contributed by atoms with van der Waals surface area (Å²) in [6, 6.07) is 7.50. The Morgan fingerprint density at radius 1 is 1.26 bits per heavy atom. The smallest absolute Gasteiger partial charge is 0.387 e. The summed E-state index contributed by atoms with van der Waals surface area (Å²) in [6.07, 6.45) is 3.31. The number of carbonyl (C=O) groups excluding carboxylic acids is 1. The van der Waals surface area contributed by atoms with Crippen LogP contribution in [-0.2, 0) is 0 Å². The molecule has 2 rings (SSSR count). The Kier molecular flexibility index (Phi) is 5.46. The van der Waals surface area contributed by atoms with Gasteiger partial charge in [-0.25, -0.2) is 4.79 Å². The lowest BCUT2D eigenvalue weighted by Crippen LogP contribution is -2.31. The van der Waals surface area contributed by atoms with Crippen molar-refractivity contribution in [3.8, 4) is 5.75 Å². The van der Waals surface area contributed by atoms with Gasteiger partial charge in [-0.2, -0.15) is 8.78 Å². The van der Waals surface area contributed by atoms with E-state index in [2.05, 4.69) is 20.4 Å². The molecule has 1 aromatic heterocycles. The molecule has 0 saturated heterocycles. The molecule has 122 valence electrons. The molecule has 23 heavy (non-hydrogen) atoms. The van der Waals surface area contributed by atoms with E-state index in [9.17, 15) is 13.6 Å². The van der Waals surface area contributed by atoms with Crippen molar-refractivity contribution in [2.75, 3.05) is 5.32 Å². The molecule has 0 saturated carbocycles. The second-order valence-corrected chi connectivity index (χ2v) is 4.91. The number of carbonyl (C=O) groups is 1. The van der Waals surface area contributed by atoms with Gasteiger partial charge in [-0.3, -0.25) is 4.98 Å². The molecule has 0 spiro atoms. The van der Waals surface area contributed by atoms with Crippen LogP contribution in [0.5, 0.6) is 5.75 Å². The molecule has 0 aliphatic carbocycles. The van der Waals surface area contributed by atoms with E-state index in [0.717, 1.165) is 5.56 Å². The summed E-state index contributed by atoms with van der Waals surface area (Å²) in [7, 11) is 0. The number of nitrogens with one attached hydrogen (secondary N) is 2. The topological polar surface area (TPSA) is 63.2 Å². The van der Waals surface area contributed by atoms with E-state index >= 15 is 0 Å². The van der Waals surface area contributed by atoms with Crippen LogP contribution < -0.4 is 15.4 Å². The van der Waals surface area contributed by atoms with Gasteiger partial charge in [-0.05, 0) is 37.6 Å². The molecule has 5 nitrogen and oxygen atoms in total. The molecule has 0 aliphatic rings. The molecule has 0 unspecified atom stereocenters. The molecule has 0 bridgehead atoms. The maximum Gasteiger partial charge on any atom is 0.387 e. The number of hydrogen-bond donors (Lipinski definition) is 2. The molecule has 2 amide bonds. The van der Waals surface area contributed by atoms with Crippen molar-refractivity contribution in [1.82, 2.24) is 10.3 Å². The van der Waals surface area contributed by atoms with Crippen LogP contribution in [-0.4, -0.2) is 17.6 Å². The first-order valence-electron chi connectivity index (χ1n) is 6.99. The average Bonchev–Trinajstić information content (AvgIpc) is 2.51.